The average molecular weight is 180 g/mol. The van der Waals surface area contributed by atoms with E-state index in [1.807, 2.05) is 17.9 Å². The molecule has 4 heteroatoms. The Morgan fingerprint density at radius 1 is 1.69 bits per heavy atom. The molecule has 0 aliphatic carbocycles. The minimum Gasteiger partial charge on any atom is -0.329 e. The monoisotopic (exact) mass is 180 g/mol. The molecular formula is C9H16N4. The number of likely N-dealkylation sites (tertiary alicyclic amines) is 1. The van der Waals surface area contributed by atoms with Gasteiger partial charge >= 0.3 is 0 Å². The van der Waals surface area contributed by atoms with Gasteiger partial charge in [-0.3, -0.25) is 9.58 Å². The Morgan fingerprint density at radius 2 is 2.54 bits per heavy atom. The first kappa shape index (κ1) is 8.72. The van der Waals surface area contributed by atoms with Crippen molar-refractivity contribution in [2.75, 3.05) is 13.1 Å². The minimum atomic E-state index is 0.597. The number of aryl methyl sites for hydroxylation is 1. The second-order valence-corrected chi connectivity index (χ2v) is 3.67. The van der Waals surface area contributed by atoms with Gasteiger partial charge in [-0.2, -0.15) is 5.10 Å². The van der Waals surface area contributed by atoms with Crippen molar-refractivity contribution >= 4 is 0 Å². The van der Waals surface area contributed by atoms with Gasteiger partial charge < -0.3 is 5.73 Å². The third-order valence-electron chi connectivity index (χ3n) is 2.68. The predicted octanol–water partition coefficient (Wildman–Crippen LogP) is -0.0469. The zero-order valence-corrected chi connectivity index (χ0v) is 7.98. The summed E-state index contributed by atoms with van der Waals surface area (Å²) in [6, 6.07) is 0.597. The Labute approximate surface area is 78.3 Å². The van der Waals surface area contributed by atoms with Crippen molar-refractivity contribution in [1.29, 1.82) is 0 Å². The van der Waals surface area contributed by atoms with Gasteiger partial charge in [0.2, 0.25) is 0 Å². The largest absolute Gasteiger partial charge is 0.329 e. The van der Waals surface area contributed by atoms with E-state index >= 15 is 0 Å². The summed E-state index contributed by atoms with van der Waals surface area (Å²) in [6.45, 7) is 2.95. The predicted molar refractivity (Wildman–Crippen MR) is 51.1 cm³/mol. The smallest absolute Gasteiger partial charge is 0.0534 e. The van der Waals surface area contributed by atoms with Crippen LogP contribution in [-0.4, -0.2) is 33.8 Å². The lowest BCUT2D eigenvalue weighted by molar-refractivity contribution is 0.0882. The fourth-order valence-corrected chi connectivity index (χ4v) is 1.76. The van der Waals surface area contributed by atoms with Gasteiger partial charge in [0.05, 0.1) is 6.20 Å². The van der Waals surface area contributed by atoms with Crippen LogP contribution in [0, 0.1) is 0 Å². The third-order valence-corrected chi connectivity index (χ3v) is 2.68. The summed E-state index contributed by atoms with van der Waals surface area (Å²) in [5, 5.41) is 4.14. The van der Waals surface area contributed by atoms with Gasteiger partial charge in [-0.05, 0) is 6.42 Å². The van der Waals surface area contributed by atoms with E-state index < -0.39 is 0 Å². The molecule has 2 heterocycles. The zero-order valence-electron chi connectivity index (χ0n) is 7.98. The van der Waals surface area contributed by atoms with E-state index in [9.17, 15) is 0 Å². The molecule has 4 nitrogen and oxygen atoms in total. The molecule has 13 heavy (non-hydrogen) atoms. The van der Waals surface area contributed by atoms with Gasteiger partial charge in [0, 0.05) is 44.5 Å². The van der Waals surface area contributed by atoms with Crippen LogP contribution in [0.15, 0.2) is 12.4 Å². The van der Waals surface area contributed by atoms with Crippen molar-refractivity contribution in [2.24, 2.45) is 12.8 Å². The second kappa shape index (κ2) is 3.47. The van der Waals surface area contributed by atoms with Gasteiger partial charge in [-0.1, -0.05) is 0 Å². The van der Waals surface area contributed by atoms with Crippen molar-refractivity contribution < 1.29 is 0 Å². The molecule has 1 aliphatic rings. The highest BCUT2D eigenvalue weighted by Gasteiger charge is 2.26. The van der Waals surface area contributed by atoms with Crippen LogP contribution < -0.4 is 5.73 Å². The van der Waals surface area contributed by atoms with Crippen molar-refractivity contribution in [2.45, 2.75) is 19.0 Å². The number of hydrogen-bond acceptors (Lipinski definition) is 3. The van der Waals surface area contributed by atoms with Crippen molar-refractivity contribution in [3.8, 4) is 0 Å². The Hall–Kier alpha value is -0.870. The normalized spacial score (nSPS) is 23.1. The molecule has 0 bridgehead atoms. The first-order valence-electron chi connectivity index (χ1n) is 4.71. The lowest BCUT2D eigenvalue weighted by atomic mass is 10.0. The average Bonchev–Trinajstić information content (AvgIpc) is 2.46. The minimum absolute atomic E-state index is 0.597. The summed E-state index contributed by atoms with van der Waals surface area (Å²) in [5.74, 6) is 0. The summed E-state index contributed by atoms with van der Waals surface area (Å²) >= 11 is 0. The van der Waals surface area contributed by atoms with Gasteiger partial charge in [0.15, 0.2) is 0 Å². The number of hydrogen-bond donors (Lipinski definition) is 1. The van der Waals surface area contributed by atoms with Crippen LogP contribution in [-0.2, 0) is 13.6 Å². The molecule has 1 saturated heterocycles. The molecule has 1 aromatic rings. The fourth-order valence-electron chi connectivity index (χ4n) is 1.76. The number of aromatic nitrogens is 2. The lowest BCUT2D eigenvalue weighted by Gasteiger charge is -2.40. The molecule has 0 radical (unpaired) electrons. The number of nitrogens with two attached hydrogens (primary N) is 1. The van der Waals surface area contributed by atoms with Crippen molar-refractivity contribution in [3.63, 3.8) is 0 Å². The molecule has 1 fully saturated rings. The highest BCUT2D eigenvalue weighted by molar-refractivity contribution is 5.05. The maximum Gasteiger partial charge on any atom is 0.0534 e. The summed E-state index contributed by atoms with van der Waals surface area (Å²) in [4.78, 5) is 2.40. The molecule has 2 N–H and O–H groups in total. The molecular weight excluding hydrogens is 164 g/mol. The molecule has 1 aromatic heterocycles. The molecule has 0 amide bonds. The van der Waals surface area contributed by atoms with Crippen LogP contribution in [0.5, 0.6) is 0 Å². The molecule has 0 saturated carbocycles. The topological polar surface area (TPSA) is 47.1 Å². The highest BCUT2D eigenvalue weighted by atomic mass is 15.3. The fraction of sp³-hybridized carbons (Fsp3) is 0.667. The quantitative estimate of drug-likeness (QED) is 0.709. The molecule has 1 aliphatic heterocycles. The van der Waals surface area contributed by atoms with E-state index in [-0.39, 0.29) is 0 Å². The van der Waals surface area contributed by atoms with E-state index in [1.165, 1.54) is 18.5 Å². The van der Waals surface area contributed by atoms with E-state index in [4.69, 9.17) is 5.73 Å². The van der Waals surface area contributed by atoms with Gasteiger partial charge in [-0.15, -0.1) is 0 Å². The molecule has 0 spiro atoms. The molecule has 0 aromatic carbocycles. The lowest BCUT2D eigenvalue weighted by Crippen LogP contribution is -2.50. The van der Waals surface area contributed by atoms with Gasteiger partial charge in [0.25, 0.3) is 0 Å². The number of rotatable bonds is 3. The molecule has 2 rings (SSSR count). The maximum atomic E-state index is 5.62. The zero-order chi connectivity index (χ0) is 9.26. The summed E-state index contributed by atoms with van der Waals surface area (Å²) < 4.78 is 1.84. The van der Waals surface area contributed by atoms with Gasteiger partial charge in [0.1, 0.15) is 0 Å². The van der Waals surface area contributed by atoms with Crippen LogP contribution >= 0.6 is 0 Å². The van der Waals surface area contributed by atoms with E-state index in [0.29, 0.717) is 6.04 Å². The SMILES string of the molecule is Cn1cc(CN2CCC2CN)cn1. The Balaban J connectivity index is 1.91. The van der Waals surface area contributed by atoms with Gasteiger partial charge in [-0.25, -0.2) is 0 Å². The van der Waals surface area contributed by atoms with Crippen LogP contribution in [0.4, 0.5) is 0 Å². The van der Waals surface area contributed by atoms with E-state index in [1.54, 1.807) is 0 Å². The number of nitrogens with zero attached hydrogens (tertiary/aromatic N) is 3. The first-order valence-corrected chi connectivity index (χ1v) is 4.71. The van der Waals surface area contributed by atoms with Crippen LogP contribution in [0.3, 0.4) is 0 Å². The summed E-state index contributed by atoms with van der Waals surface area (Å²) in [5.41, 5.74) is 6.90. The van der Waals surface area contributed by atoms with Crippen LogP contribution in [0.2, 0.25) is 0 Å². The Morgan fingerprint density at radius 3 is 3.00 bits per heavy atom. The van der Waals surface area contributed by atoms with Crippen LogP contribution in [0.1, 0.15) is 12.0 Å². The first-order chi connectivity index (χ1) is 6.29. The molecule has 1 unspecified atom stereocenters. The Bertz CT molecular complexity index is 279. The Kier molecular flexibility index (Phi) is 2.33. The van der Waals surface area contributed by atoms with Crippen molar-refractivity contribution in [3.05, 3.63) is 18.0 Å². The van der Waals surface area contributed by atoms with Crippen LogP contribution in [0.25, 0.3) is 0 Å². The summed E-state index contributed by atoms with van der Waals surface area (Å²) in [6.07, 6.45) is 5.23. The standard InChI is InChI=1S/C9H16N4/c1-12-6-8(5-11-12)7-13-3-2-9(13)4-10/h5-6,9H,2-4,7,10H2,1H3. The highest BCUT2D eigenvalue weighted by Crippen LogP contribution is 2.18. The maximum absolute atomic E-state index is 5.62. The van der Waals surface area contributed by atoms with E-state index in [2.05, 4.69) is 16.2 Å². The van der Waals surface area contributed by atoms with E-state index in [0.717, 1.165) is 13.1 Å². The third kappa shape index (κ3) is 1.73. The second-order valence-electron chi connectivity index (χ2n) is 3.67. The van der Waals surface area contributed by atoms with Crippen molar-refractivity contribution in [1.82, 2.24) is 14.7 Å². The molecule has 1 atom stereocenters. The molecule has 72 valence electrons. The summed E-state index contributed by atoms with van der Waals surface area (Å²) in [7, 11) is 1.94.